The number of rotatable bonds is 3. The van der Waals surface area contributed by atoms with Crippen LogP contribution in [0.4, 0.5) is 0 Å². The van der Waals surface area contributed by atoms with E-state index in [-0.39, 0.29) is 0 Å². The average Bonchev–Trinajstić information content (AvgIpc) is 3.54. The first kappa shape index (κ1) is 21.4. The van der Waals surface area contributed by atoms with Crippen LogP contribution in [0.5, 0.6) is 0 Å². The zero-order valence-corrected chi connectivity index (χ0v) is 21.5. The van der Waals surface area contributed by atoms with Gasteiger partial charge in [-0.15, -0.1) is 11.3 Å². The minimum atomic E-state index is 1.18. The van der Waals surface area contributed by atoms with Gasteiger partial charge in [0.05, 0.1) is 11.0 Å². The standard InChI is InChI=1S/C36H23NS/c1-2-8-24(9-3-1)25-14-16-26(17-15-25)27-18-20-28(21-19-27)37-32-12-6-4-11-31(32)35-33(37)23-22-30-29-10-5-7-13-34(29)38-36(30)35/h1-23H. The molecule has 1 nitrogen and oxygen atoms in total. The Morgan fingerprint density at radius 1 is 0.395 bits per heavy atom. The molecule has 0 aliphatic rings. The second-order valence-corrected chi connectivity index (χ2v) is 10.8. The largest absolute Gasteiger partial charge is 0.309 e. The number of nitrogens with zero attached hydrogens (tertiary/aromatic N) is 1. The molecule has 0 fully saturated rings. The lowest BCUT2D eigenvalue weighted by molar-refractivity contribution is 1.18. The van der Waals surface area contributed by atoms with Crippen molar-refractivity contribution in [3.63, 3.8) is 0 Å². The van der Waals surface area contributed by atoms with Crippen LogP contribution in [0.15, 0.2) is 140 Å². The van der Waals surface area contributed by atoms with E-state index in [1.165, 1.54) is 69.9 Å². The Morgan fingerprint density at radius 3 is 1.71 bits per heavy atom. The van der Waals surface area contributed by atoms with Crippen LogP contribution in [0.25, 0.3) is 69.9 Å². The summed E-state index contributed by atoms with van der Waals surface area (Å²) in [6.07, 6.45) is 0. The molecule has 0 N–H and O–H groups in total. The van der Waals surface area contributed by atoms with E-state index in [0.29, 0.717) is 0 Å². The van der Waals surface area contributed by atoms with Crippen LogP contribution in [0.2, 0.25) is 0 Å². The Hall–Kier alpha value is -4.66. The Balaban J connectivity index is 1.26. The number of para-hydroxylation sites is 1. The zero-order chi connectivity index (χ0) is 25.1. The topological polar surface area (TPSA) is 4.93 Å². The molecule has 0 spiro atoms. The molecule has 2 aromatic heterocycles. The number of hydrogen-bond donors (Lipinski definition) is 0. The lowest BCUT2D eigenvalue weighted by atomic mass is 10.0. The van der Waals surface area contributed by atoms with Crippen molar-refractivity contribution in [3.05, 3.63) is 140 Å². The van der Waals surface area contributed by atoms with E-state index in [1.54, 1.807) is 0 Å². The lowest BCUT2D eigenvalue weighted by Gasteiger charge is -2.10. The minimum absolute atomic E-state index is 1.18. The third-order valence-corrected chi connectivity index (χ3v) is 8.84. The summed E-state index contributed by atoms with van der Waals surface area (Å²) in [6.45, 7) is 0. The van der Waals surface area contributed by atoms with Gasteiger partial charge in [-0.05, 0) is 52.6 Å². The van der Waals surface area contributed by atoms with Gasteiger partial charge in [0.1, 0.15) is 0 Å². The van der Waals surface area contributed by atoms with Gasteiger partial charge in [-0.25, -0.2) is 0 Å². The monoisotopic (exact) mass is 501 g/mol. The summed E-state index contributed by atoms with van der Waals surface area (Å²) in [7, 11) is 0. The first-order valence-corrected chi connectivity index (χ1v) is 13.8. The first-order valence-electron chi connectivity index (χ1n) is 12.9. The van der Waals surface area contributed by atoms with E-state index in [9.17, 15) is 0 Å². The fourth-order valence-electron chi connectivity index (χ4n) is 5.80. The van der Waals surface area contributed by atoms with E-state index < -0.39 is 0 Å². The highest BCUT2D eigenvalue weighted by Gasteiger charge is 2.17. The zero-order valence-electron chi connectivity index (χ0n) is 20.6. The van der Waals surface area contributed by atoms with Crippen molar-refractivity contribution in [1.82, 2.24) is 4.57 Å². The SMILES string of the molecule is c1ccc(-c2ccc(-c3ccc(-n4c5ccccc5c5c6sc7ccccc7c6ccc54)cc3)cc2)cc1. The van der Waals surface area contributed by atoms with Gasteiger partial charge < -0.3 is 4.57 Å². The molecular weight excluding hydrogens is 478 g/mol. The molecule has 2 heterocycles. The van der Waals surface area contributed by atoms with E-state index >= 15 is 0 Å². The predicted octanol–water partition coefficient (Wildman–Crippen LogP) is 10.5. The molecule has 0 saturated carbocycles. The van der Waals surface area contributed by atoms with Crippen molar-refractivity contribution in [3.8, 4) is 27.9 Å². The van der Waals surface area contributed by atoms with Crippen molar-refractivity contribution in [2.24, 2.45) is 0 Å². The summed E-state index contributed by atoms with van der Waals surface area (Å²) >= 11 is 1.90. The van der Waals surface area contributed by atoms with E-state index in [1.807, 2.05) is 11.3 Å². The molecule has 0 amide bonds. The second-order valence-electron chi connectivity index (χ2n) is 9.78. The van der Waals surface area contributed by atoms with Crippen LogP contribution in [-0.2, 0) is 0 Å². The number of thiophene rings is 1. The molecular formula is C36H23NS. The summed E-state index contributed by atoms with van der Waals surface area (Å²) in [5, 5.41) is 5.34. The average molecular weight is 502 g/mol. The maximum absolute atomic E-state index is 2.41. The lowest BCUT2D eigenvalue weighted by Crippen LogP contribution is -1.93. The maximum Gasteiger partial charge on any atom is 0.0555 e. The summed E-state index contributed by atoms with van der Waals surface area (Å²) in [5.41, 5.74) is 8.61. The molecule has 0 atom stereocenters. The van der Waals surface area contributed by atoms with Crippen molar-refractivity contribution in [2.45, 2.75) is 0 Å². The molecule has 0 aliphatic carbocycles. The quantitative estimate of drug-likeness (QED) is 0.227. The van der Waals surface area contributed by atoms with Gasteiger partial charge in [0.25, 0.3) is 0 Å². The molecule has 0 saturated heterocycles. The van der Waals surface area contributed by atoms with E-state index in [4.69, 9.17) is 0 Å². The predicted molar refractivity (Wildman–Crippen MR) is 165 cm³/mol. The molecule has 2 heteroatoms. The van der Waals surface area contributed by atoms with Crippen molar-refractivity contribution >= 4 is 53.3 Å². The Kier molecular flexibility index (Phi) is 4.76. The minimum Gasteiger partial charge on any atom is -0.309 e. The van der Waals surface area contributed by atoms with Crippen molar-refractivity contribution in [2.75, 3.05) is 0 Å². The fourth-order valence-corrected chi connectivity index (χ4v) is 7.06. The van der Waals surface area contributed by atoms with Gasteiger partial charge >= 0.3 is 0 Å². The Bertz CT molecular complexity index is 2090. The van der Waals surface area contributed by atoms with E-state index in [0.717, 1.165) is 0 Å². The van der Waals surface area contributed by atoms with Crippen LogP contribution in [0.1, 0.15) is 0 Å². The first-order chi connectivity index (χ1) is 18.8. The molecule has 0 aliphatic heterocycles. The number of fused-ring (bicyclic) bond motifs is 7. The second kappa shape index (κ2) is 8.44. The smallest absolute Gasteiger partial charge is 0.0555 e. The van der Waals surface area contributed by atoms with Gasteiger partial charge in [0.2, 0.25) is 0 Å². The highest BCUT2D eigenvalue weighted by atomic mass is 32.1. The highest BCUT2D eigenvalue weighted by Crippen LogP contribution is 2.43. The third kappa shape index (κ3) is 3.24. The van der Waals surface area contributed by atoms with E-state index in [2.05, 4.69) is 144 Å². The summed E-state index contributed by atoms with van der Waals surface area (Å²) in [4.78, 5) is 0. The van der Waals surface area contributed by atoms with Gasteiger partial charge in [0, 0.05) is 36.6 Å². The van der Waals surface area contributed by atoms with Crippen LogP contribution < -0.4 is 0 Å². The van der Waals surface area contributed by atoms with Gasteiger partial charge in [-0.2, -0.15) is 0 Å². The van der Waals surface area contributed by atoms with Crippen LogP contribution in [0.3, 0.4) is 0 Å². The molecule has 0 radical (unpaired) electrons. The molecule has 178 valence electrons. The summed E-state index contributed by atoms with van der Waals surface area (Å²) < 4.78 is 5.12. The molecule has 38 heavy (non-hydrogen) atoms. The summed E-state index contributed by atoms with van der Waals surface area (Å²) in [6, 6.07) is 50.5. The molecule has 0 bridgehead atoms. The van der Waals surface area contributed by atoms with Crippen LogP contribution in [0, 0.1) is 0 Å². The van der Waals surface area contributed by atoms with Crippen molar-refractivity contribution in [1.29, 1.82) is 0 Å². The Morgan fingerprint density at radius 2 is 0.974 bits per heavy atom. The number of aromatic nitrogens is 1. The highest BCUT2D eigenvalue weighted by molar-refractivity contribution is 7.26. The fraction of sp³-hybridized carbons (Fsp3) is 0. The van der Waals surface area contributed by atoms with Crippen LogP contribution >= 0.6 is 11.3 Å². The molecule has 8 rings (SSSR count). The number of hydrogen-bond acceptors (Lipinski definition) is 1. The number of benzene rings is 6. The maximum atomic E-state index is 2.41. The van der Waals surface area contributed by atoms with Gasteiger partial charge in [0.15, 0.2) is 0 Å². The van der Waals surface area contributed by atoms with Gasteiger partial charge in [-0.3, -0.25) is 0 Å². The van der Waals surface area contributed by atoms with Crippen LogP contribution in [-0.4, -0.2) is 4.57 Å². The van der Waals surface area contributed by atoms with Crippen molar-refractivity contribution < 1.29 is 0 Å². The van der Waals surface area contributed by atoms with Gasteiger partial charge in [-0.1, -0.05) is 109 Å². The summed E-state index contributed by atoms with van der Waals surface area (Å²) in [5.74, 6) is 0. The molecule has 8 aromatic rings. The molecule has 6 aromatic carbocycles. The Labute approximate surface area is 224 Å². The normalized spacial score (nSPS) is 11.7. The molecule has 0 unspecified atom stereocenters. The third-order valence-electron chi connectivity index (χ3n) is 7.63.